The largest absolute Gasteiger partial charge is 0.480 e. The first-order chi connectivity index (χ1) is 9.61. The summed E-state index contributed by atoms with van der Waals surface area (Å²) >= 11 is 0. The number of carbonyl (C=O) groups is 2. The van der Waals surface area contributed by atoms with E-state index in [0.29, 0.717) is 0 Å². The van der Waals surface area contributed by atoms with Gasteiger partial charge in [-0.3, -0.25) is 14.1 Å². The van der Waals surface area contributed by atoms with Crippen LogP contribution in [0.15, 0.2) is 23.1 Å². The minimum Gasteiger partial charge on any atom is -0.480 e. The van der Waals surface area contributed by atoms with Gasteiger partial charge in [0.05, 0.1) is 4.90 Å². The lowest BCUT2D eigenvalue weighted by atomic mass is 10.0. The van der Waals surface area contributed by atoms with E-state index in [4.69, 9.17) is 15.4 Å². The lowest BCUT2D eigenvalue weighted by Crippen LogP contribution is -2.30. The summed E-state index contributed by atoms with van der Waals surface area (Å²) in [5.74, 6) is -2.53. The molecule has 1 aromatic carbocycles. The van der Waals surface area contributed by atoms with Crippen LogP contribution in [0.3, 0.4) is 0 Å². The van der Waals surface area contributed by atoms with E-state index in [-0.39, 0.29) is 18.4 Å². The Morgan fingerprint density at radius 2 is 1.95 bits per heavy atom. The molecule has 0 aliphatic carbocycles. The summed E-state index contributed by atoms with van der Waals surface area (Å²) in [6, 6.07) is 1.37. The molecule has 1 rings (SSSR count). The van der Waals surface area contributed by atoms with E-state index in [0.717, 1.165) is 18.2 Å². The normalized spacial score (nSPS) is 12.9. The number of benzene rings is 1. The molecule has 0 aliphatic heterocycles. The average Bonchev–Trinajstić information content (AvgIpc) is 2.37. The van der Waals surface area contributed by atoms with Crippen molar-refractivity contribution in [3.63, 3.8) is 0 Å². The Hall–Kier alpha value is -1.84. The van der Waals surface area contributed by atoms with E-state index in [2.05, 4.69) is 0 Å². The molecule has 7 nitrogen and oxygen atoms in total. The fourth-order valence-corrected chi connectivity index (χ4v) is 2.12. The van der Waals surface area contributed by atoms with Gasteiger partial charge in [0.2, 0.25) is 0 Å². The van der Waals surface area contributed by atoms with Gasteiger partial charge in [-0.15, -0.1) is 0 Å². The third-order valence-electron chi connectivity index (χ3n) is 2.75. The van der Waals surface area contributed by atoms with Crippen molar-refractivity contribution >= 4 is 21.9 Å². The molecule has 1 aromatic rings. The molecule has 4 N–H and O–H groups in total. The third-order valence-corrected chi connectivity index (χ3v) is 3.60. The maximum atomic E-state index is 13.5. The number of aliphatic carboxylic acids is 1. The zero-order chi connectivity index (χ0) is 16.2. The van der Waals surface area contributed by atoms with Crippen molar-refractivity contribution in [2.45, 2.75) is 30.2 Å². The van der Waals surface area contributed by atoms with Gasteiger partial charge >= 0.3 is 5.97 Å². The van der Waals surface area contributed by atoms with Gasteiger partial charge in [0, 0.05) is 12.8 Å². The van der Waals surface area contributed by atoms with Gasteiger partial charge in [0.25, 0.3) is 10.1 Å². The van der Waals surface area contributed by atoms with Gasteiger partial charge in [-0.1, -0.05) is 0 Å². The molecule has 9 heteroatoms. The maximum Gasteiger partial charge on any atom is 0.320 e. The van der Waals surface area contributed by atoms with Gasteiger partial charge in [-0.25, -0.2) is 4.39 Å². The molecule has 0 heterocycles. The Labute approximate surface area is 120 Å². The summed E-state index contributed by atoms with van der Waals surface area (Å²) in [7, 11) is -4.49. The number of hydrogen-bond donors (Lipinski definition) is 3. The molecular formula is C12H14FNO6S. The van der Waals surface area contributed by atoms with Gasteiger partial charge < -0.3 is 10.8 Å². The number of hydrogen-bond acceptors (Lipinski definition) is 5. The van der Waals surface area contributed by atoms with E-state index < -0.39 is 45.0 Å². The van der Waals surface area contributed by atoms with Gasteiger partial charge in [-0.05, 0) is 30.2 Å². The molecule has 0 bridgehead atoms. The Bertz CT molecular complexity index is 658. The molecule has 0 spiro atoms. The van der Waals surface area contributed by atoms with E-state index in [1.807, 2.05) is 0 Å². The van der Waals surface area contributed by atoms with Gasteiger partial charge in [0.1, 0.15) is 17.6 Å². The SMILES string of the molecule is N[C@@H](CCC(=O)Cc1cc(S(=O)(=O)O)ccc1F)C(=O)O. The number of rotatable bonds is 7. The molecule has 0 saturated heterocycles. The predicted octanol–water partition coefficient (Wildman–Crippen LogP) is 0.376. The predicted molar refractivity (Wildman–Crippen MR) is 69.8 cm³/mol. The molecule has 0 radical (unpaired) electrons. The summed E-state index contributed by atoms with van der Waals surface area (Å²) in [5.41, 5.74) is 5.04. The van der Waals surface area contributed by atoms with Gasteiger partial charge in [-0.2, -0.15) is 8.42 Å². The van der Waals surface area contributed by atoms with Crippen molar-refractivity contribution in [2.24, 2.45) is 5.73 Å². The van der Waals surface area contributed by atoms with Crippen LogP contribution in [0.1, 0.15) is 18.4 Å². The van der Waals surface area contributed by atoms with Crippen LogP contribution in [-0.2, 0) is 26.1 Å². The molecule has 116 valence electrons. The highest BCUT2D eigenvalue weighted by Crippen LogP contribution is 2.16. The smallest absolute Gasteiger partial charge is 0.320 e. The van der Waals surface area contributed by atoms with Crippen LogP contribution >= 0.6 is 0 Å². The minimum atomic E-state index is -4.49. The summed E-state index contributed by atoms with van der Waals surface area (Å²) in [4.78, 5) is 21.6. The number of halogens is 1. The Morgan fingerprint density at radius 3 is 2.48 bits per heavy atom. The highest BCUT2D eigenvalue weighted by Gasteiger charge is 2.17. The minimum absolute atomic E-state index is 0.103. The van der Waals surface area contributed by atoms with E-state index >= 15 is 0 Å². The Morgan fingerprint density at radius 1 is 1.33 bits per heavy atom. The second kappa shape index (κ2) is 6.74. The second-order valence-corrected chi connectivity index (χ2v) is 5.85. The van der Waals surface area contributed by atoms with Crippen molar-refractivity contribution in [3.05, 3.63) is 29.6 Å². The number of carbonyl (C=O) groups excluding carboxylic acids is 1. The number of ketones is 1. The topological polar surface area (TPSA) is 135 Å². The average molecular weight is 319 g/mol. The van der Waals surface area contributed by atoms with E-state index in [1.165, 1.54) is 0 Å². The van der Waals surface area contributed by atoms with Crippen LogP contribution in [0.5, 0.6) is 0 Å². The van der Waals surface area contributed by atoms with Crippen molar-refractivity contribution in [1.82, 2.24) is 0 Å². The molecule has 0 unspecified atom stereocenters. The van der Waals surface area contributed by atoms with Crippen molar-refractivity contribution in [1.29, 1.82) is 0 Å². The third kappa shape index (κ3) is 5.21. The monoisotopic (exact) mass is 319 g/mol. The first-order valence-corrected chi connectivity index (χ1v) is 7.31. The zero-order valence-corrected chi connectivity index (χ0v) is 11.6. The molecule has 21 heavy (non-hydrogen) atoms. The first kappa shape index (κ1) is 17.2. The summed E-state index contributed by atoms with van der Waals surface area (Å²) < 4.78 is 44.2. The molecule has 1 atom stereocenters. The van der Waals surface area contributed by atoms with E-state index in [1.54, 1.807) is 0 Å². The lowest BCUT2D eigenvalue weighted by molar-refractivity contribution is -0.138. The van der Waals surface area contributed by atoms with E-state index in [9.17, 15) is 22.4 Å². The summed E-state index contributed by atoms with van der Waals surface area (Å²) in [5, 5.41) is 8.56. The summed E-state index contributed by atoms with van der Waals surface area (Å²) in [6.07, 6.45) is -0.696. The molecule has 0 fully saturated rings. The van der Waals surface area contributed by atoms with Crippen LogP contribution in [0.4, 0.5) is 4.39 Å². The maximum absolute atomic E-state index is 13.5. The van der Waals surface area contributed by atoms with Crippen LogP contribution < -0.4 is 5.73 Å². The summed E-state index contributed by atoms with van der Waals surface area (Å²) in [6.45, 7) is 0. The second-order valence-electron chi connectivity index (χ2n) is 4.43. The quantitative estimate of drug-likeness (QED) is 0.618. The number of nitrogens with two attached hydrogens (primary N) is 1. The lowest BCUT2D eigenvalue weighted by Gasteiger charge is -2.07. The zero-order valence-electron chi connectivity index (χ0n) is 10.8. The number of carboxylic acids is 1. The molecule has 0 saturated carbocycles. The van der Waals surface area contributed by atoms with Gasteiger partial charge in [0.15, 0.2) is 0 Å². The number of Topliss-reactive ketones (excluding diaryl/α,β-unsaturated/α-hetero) is 1. The van der Waals surface area contributed by atoms with Crippen molar-refractivity contribution in [2.75, 3.05) is 0 Å². The highest BCUT2D eigenvalue weighted by molar-refractivity contribution is 7.85. The Balaban J connectivity index is 2.79. The van der Waals surface area contributed by atoms with Crippen LogP contribution in [0.25, 0.3) is 0 Å². The first-order valence-electron chi connectivity index (χ1n) is 5.87. The standard InChI is InChI=1S/C12H14FNO6S/c13-10-3-2-9(21(18,19)20)6-7(10)5-8(15)1-4-11(14)12(16)17/h2-3,6,11H,1,4-5,14H2,(H,16,17)(H,18,19,20)/t11-/m0/s1. The van der Waals surface area contributed by atoms with Crippen molar-refractivity contribution < 1.29 is 32.1 Å². The van der Waals surface area contributed by atoms with Crippen molar-refractivity contribution in [3.8, 4) is 0 Å². The Kier molecular flexibility index (Phi) is 5.53. The molecular weight excluding hydrogens is 305 g/mol. The van der Waals surface area contributed by atoms with Crippen LogP contribution in [0.2, 0.25) is 0 Å². The number of carboxylic acid groups (broad SMARTS) is 1. The van der Waals surface area contributed by atoms with Crippen LogP contribution in [-0.4, -0.2) is 35.9 Å². The van der Waals surface area contributed by atoms with Crippen LogP contribution in [0, 0.1) is 5.82 Å². The highest BCUT2D eigenvalue weighted by atomic mass is 32.2. The molecule has 0 aromatic heterocycles. The fourth-order valence-electron chi connectivity index (χ4n) is 1.59. The molecule has 0 aliphatic rings. The fraction of sp³-hybridized carbons (Fsp3) is 0.333. The molecule has 0 amide bonds.